The lowest BCUT2D eigenvalue weighted by atomic mass is 9.88. The lowest BCUT2D eigenvalue weighted by Gasteiger charge is -2.27. The second-order valence-corrected chi connectivity index (χ2v) is 6.92. The SMILES string of the molecule is Cc1nn(C)c(CC(C)(N)c2cc(F)c(Cl)cc2Cl)c1Br. The van der Waals surface area contributed by atoms with Crippen LogP contribution in [0.25, 0.3) is 0 Å². The molecular formula is C14H15BrCl2FN3. The van der Waals surface area contributed by atoms with Crippen LogP contribution in [-0.2, 0) is 19.0 Å². The maximum atomic E-state index is 13.7. The highest BCUT2D eigenvalue weighted by molar-refractivity contribution is 9.10. The summed E-state index contributed by atoms with van der Waals surface area (Å²) in [4.78, 5) is 0. The van der Waals surface area contributed by atoms with Crippen molar-refractivity contribution in [1.82, 2.24) is 9.78 Å². The Bertz CT molecular complexity index is 698. The minimum Gasteiger partial charge on any atom is -0.321 e. The van der Waals surface area contributed by atoms with Crippen molar-refractivity contribution < 1.29 is 4.39 Å². The van der Waals surface area contributed by atoms with Crippen molar-refractivity contribution in [3.05, 3.63) is 49.4 Å². The number of benzene rings is 1. The van der Waals surface area contributed by atoms with Crippen molar-refractivity contribution in [2.75, 3.05) is 0 Å². The zero-order valence-electron chi connectivity index (χ0n) is 11.8. The van der Waals surface area contributed by atoms with Gasteiger partial charge in [0.15, 0.2) is 0 Å². The molecule has 21 heavy (non-hydrogen) atoms. The van der Waals surface area contributed by atoms with Gasteiger partial charge >= 0.3 is 0 Å². The largest absolute Gasteiger partial charge is 0.321 e. The molecule has 2 aromatic rings. The first kappa shape index (κ1) is 16.7. The van der Waals surface area contributed by atoms with Gasteiger partial charge in [0.2, 0.25) is 0 Å². The molecule has 3 nitrogen and oxygen atoms in total. The summed E-state index contributed by atoms with van der Waals surface area (Å²) in [6.07, 6.45) is 0.450. The van der Waals surface area contributed by atoms with Crippen molar-refractivity contribution in [2.45, 2.75) is 25.8 Å². The third-order valence-corrected chi connectivity index (χ3v) is 5.06. The number of halogens is 4. The van der Waals surface area contributed by atoms with Crippen LogP contribution in [0.1, 0.15) is 23.9 Å². The van der Waals surface area contributed by atoms with Crippen LogP contribution in [0, 0.1) is 12.7 Å². The second-order valence-electron chi connectivity index (χ2n) is 5.31. The highest BCUT2D eigenvalue weighted by Crippen LogP contribution is 2.34. The molecule has 7 heteroatoms. The van der Waals surface area contributed by atoms with E-state index < -0.39 is 11.4 Å². The first-order chi connectivity index (χ1) is 9.63. The van der Waals surface area contributed by atoms with Gasteiger partial charge in [0.1, 0.15) is 5.82 Å². The van der Waals surface area contributed by atoms with Gasteiger partial charge in [-0.05, 0) is 47.5 Å². The molecule has 114 valence electrons. The summed E-state index contributed by atoms with van der Waals surface area (Å²) in [6, 6.07) is 2.67. The highest BCUT2D eigenvalue weighted by Gasteiger charge is 2.28. The Morgan fingerprint density at radius 2 is 2.00 bits per heavy atom. The minimum absolute atomic E-state index is 0.0166. The summed E-state index contributed by atoms with van der Waals surface area (Å²) < 4.78 is 16.4. The molecule has 1 heterocycles. The van der Waals surface area contributed by atoms with Gasteiger partial charge in [0.25, 0.3) is 0 Å². The Labute approximate surface area is 141 Å². The summed E-state index contributed by atoms with van der Waals surface area (Å²) in [6.45, 7) is 3.70. The van der Waals surface area contributed by atoms with Crippen molar-refractivity contribution in [3.8, 4) is 0 Å². The average molecular weight is 395 g/mol. The fraction of sp³-hybridized carbons (Fsp3) is 0.357. The smallest absolute Gasteiger partial charge is 0.142 e. The molecule has 0 saturated heterocycles. The van der Waals surface area contributed by atoms with E-state index in [1.165, 1.54) is 12.1 Å². The first-order valence-electron chi connectivity index (χ1n) is 6.25. The Balaban J connectivity index is 2.45. The van der Waals surface area contributed by atoms with Crippen molar-refractivity contribution >= 4 is 39.1 Å². The van der Waals surface area contributed by atoms with E-state index in [1.54, 1.807) is 11.6 Å². The number of hydrogen-bond acceptors (Lipinski definition) is 2. The van der Waals surface area contributed by atoms with Crippen LogP contribution in [0.5, 0.6) is 0 Å². The van der Waals surface area contributed by atoms with Crippen LogP contribution in [-0.4, -0.2) is 9.78 Å². The lowest BCUT2D eigenvalue weighted by molar-refractivity contribution is 0.467. The topological polar surface area (TPSA) is 43.8 Å². The van der Waals surface area contributed by atoms with E-state index in [0.717, 1.165) is 15.9 Å². The van der Waals surface area contributed by atoms with Gasteiger partial charge in [0, 0.05) is 24.0 Å². The Kier molecular flexibility index (Phi) is 4.69. The number of nitrogens with two attached hydrogens (primary N) is 1. The highest BCUT2D eigenvalue weighted by atomic mass is 79.9. The summed E-state index contributed by atoms with van der Waals surface area (Å²) >= 11 is 15.4. The van der Waals surface area contributed by atoms with E-state index in [1.807, 2.05) is 14.0 Å². The molecule has 2 N–H and O–H groups in total. The van der Waals surface area contributed by atoms with E-state index in [4.69, 9.17) is 28.9 Å². The molecule has 0 radical (unpaired) electrons. The van der Waals surface area contributed by atoms with E-state index in [-0.39, 0.29) is 5.02 Å². The fourth-order valence-corrected chi connectivity index (χ4v) is 3.35. The van der Waals surface area contributed by atoms with Crippen LogP contribution in [0.2, 0.25) is 10.0 Å². The van der Waals surface area contributed by atoms with Crippen LogP contribution >= 0.6 is 39.1 Å². The molecular weight excluding hydrogens is 380 g/mol. The molecule has 0 bridgehead atoms. The predicted octanol–water partition coefficient (Wildman–Crippen LogP) is 4.35. The van der Waals surface area contributed by atoms with E-state index in [0.29, 0.717) is 17.0 Å². The van der Waals surface area contributed by atoms with Gasteiger partial charge in [-0.25, -0.2) is 4.39 Å². The third kappa shape index (κ3) is 3.26. The molecule has 0 saturated carbocycles. The van der Waals surface area contributed by atoms with Gasteiger partial charge in [-0.2, -0.15) is 5.10 Å². The van der Waals surface area contributed by atoms with Crippen LogP contribution < -0.4 is 5.73 Å². The summed E-state index contributed by atoms with van der Waals surface area (Å²) in [5.74, 6) is -0.534. The molecule has 1 atom stereocenters. The van der Waals surface area contributed by atoms with Gasteiger partial charge in [-0.3, -0.25) is 4.68 Å². The molecule has 0 amide bonds. The summed E-state index contributed by atoms with van der Waals surface area (Å²) in [7, 11) is 1.84. The monoisotopic (exact) mass is 393 g/mol. The van der Waals surface area contributed by atoms with Crippen LogP contribution in [0.15, 0.2) is 16.6 Å². The van der Waals surface area contributed by atoms with Crippen LogP contribution in [0.3, 0.4) is 0 Å². The van der Waals surface area contributed by atoms with Gasteiger partial charge in [-0.15, -0.1) is 0 Å². The van der Waals surface area contributed by atoms with Crippen molar-refractivity contribution in [3.63, 3.8) is 0 Å². The van der Waals surface area contributed by atoms with Gasteiger partial charge in [-0.1, -0.05) is 23.2 Å². The molecule has 0 fully saturated rings. The van der Waals surface area contributed by atoms with Gasteiger partial charge < -0.3 is 5.73 Å². The third-order valence-electron chi connectivity index (χ3n) is 3.42. The van der Waals surface area contributed by atoms with E-state index >= 15 is 0 Å². The lowest BCUT2D eigenvalue weighted by Crippen LogP contribution is -2.36. The normalized spacial score (nSPS) is 14.3. The molecule has 0 aliphatic carbocycles. The zero-order valence-corrected chi connectivity index (χ0v) is 14.9. The molecule has 1 aromatic carbocycles. The van der Waals surface area contributed by atoms with E-state index in [2.05, 4.69) is 21.0 Å². The van der Waals surface area contributed by atoms with Crippen molar-refractivity contribution in [2.24, 2.45) is 12.8 Å². The maximum absolute atomic E-state index is 13.7. The molecule has 2 rings (SSSR count). The number of aromatic nitrogens is 2. The number of aryl methyl sites for hydroxylation is 2. The Hall–Kier alpha value is -0.620. The standard InChI is InChI=1S/C14H15BrCl2FN3/c1-7-13(15)12(21(3)20-7)6-14(2,19)8-4-11(18)10(17)5-9(8)16/h4-5H,6,19H2,1-3H3. The average Bonchev–Trinajstić information content (AvgIpc) is 2.60. The molecule has 0 spiro atoms. The maximum Gasteiger partial charge on any atom is 0.142 e. The Morgan fingerprint density at radius 3 is 2.52 bits per heavy atom. The molecule has 1 aromatic heterocycles. The molecule has 0 aliphatic rings. The summed E-state index contributed by atoms with van der Waals surface area (Å²) in [5, 5.41) is 4.66. The summed E-state index contributed by atoms with van der Waals surface area (Å²) in [5.41, 5.74) is 7.83. The molecule has 0 aliphatic heterocycles. The van der Waals surface area contributed by atoms with E-state index in [9.17, 15) is 4.39 Å². The molecule has 1 unspecified atom stereocenters. The number of nitrogens with zero attached hydrogens (tertiary/aromatic N) is 2. The number of hydrogen-bond donors (Lipinski definition) is 1. The first-order valence-corrected chi connectivity index (χ1v) is 7.80. The second kappa shape index (κ2) is 5.88. The minimum atomic E-state index is -0.856. The Morgan fingerprint density at radius 1 is 1.38 bits per heavy atom. The predicted molar refractivity (Wildman–Crippen MR) is 87.3 cm³/mol. The van der Waals surface area contributed by atoms with Crippen LogP contribution in [0.4, 0.5) is 4.39 Å². The zero-order chi connectivity index (χ0) is 15.9. The fourth-order valence-electron chi connectivity index (χ4n) is 2.28. The number of rotatable bonds is 3. The quantitative estimate of drug-likeness (QED) is 0.786. The van der Waals surface area contributed by atoms with Crippen molar-refractivity contribution in [1.29, 1.82) is 0 Å². The van der Waals surface area contributed by atoms with Gasteiger partial charge in [0.05, 0.1) is 20.9 Å².